The lowest BCUT2D eigenvalue weighted by Crippen LogP contribution is -2.46. The summed E-state index contributed by atoms with van der Waals surface area (Å²) in [5.74, 6) is -0.873. The topological polar surface area (TPSA) is 90.0 Å². The minimum Gasteiger partial charge on any atom is -0.496 e. The minimum absolute atomic E-state index is 0.0602. The van der Waals surface area contributed by atoms with Gasteiger partial charge in [0.25, 0.3) is 5.91 Å². The summed E-state index contributed by atoms with van der Waals surface area (Å²) in [5.41, 5.74) is 0.117. The first-order valence-electron chi connectivity index (χ1n) is 8.24. The highest BCUT2D eigenvalue weighted by atomic mass is 35.5. The third-order valence-electron chi connectivity index (χ3n) is 4.29. The minimum atomic E-state index is -3.12. The van der Waals surface area contributed by atoms with E-state index < -0.39 is 27.8 Å². The highest BCUT2D eigenvalue weighted by Gasteiger charge is 2.36. The van der Waals surface area contributed by atoms with Crippen molar-refractivity contribution in [3.05, 3.63) is 28.8 Å². The predicted molar refractivity (Wildman–Crippen MR) is 97.3 cm³/mol. The summed E-state index contributed by atoms with van der Waals surface area (Å²) in [6.45, 7) is 3.56. The van der Waals surface area contributed by atoms with E-state index in [0.29, 0.717) is 18.0 Å². The fraction of sp³-hybridized carbons (Fsp3) is 0.529. The molecule has 0 spiro atoms. The molecular formula is C17H22ClNO6S. The average molecular weight is 404 g/mol. The van der Waals surface area contributed by atoms with Crippen LogP contribution in [-0.2, 0) is 19.4 Å². The zero-order valence-corrected chi connectivity index (χ0v) is 16.5. The normalized spacial score (nSPS) is 19.6. The molecule has 1 aromatic carbocycles. The number of likely N-dealkylation sites (N-methyl/N-ethyl adjacent to an activating group) is 1. The van der Waals surface area contributed by atoms with E-state index in [9.17, 15) is 18.0 Å². The van der Waals surface area contributed by atoms with Crippen LogP contribution in [0.3, 0.4) is 0 Å². The number of halogens is 1. The molecule has 1 heterocycles. The molecule has 0 bridgehead atoms. The number of hydrogen-bond donors (Lipinski definition) is 0. The van der Waals surface area contributed by atoms with Gasteiger partial charge in [-0.15, -0.1) is 0 Å². The van der Waals surface area contributed by atoms with Crippen LogP contribution in [0.4, 0.5) is 0 Å². The van der Waals surface area contributed by atoms with E-state index in [0.717, 1.165) is 0 Å². The van der Waals surface area contributed by atoms with Crippen LogP contribution in [-0.4, -0.2) is 62.5 Å². The third kappa shape index (κ3) is 4.67. The number of hydrogen-bond acceptors (Lipinski definition) is 6. The van der Waals surface area contributed by atoms with E-state index in [1.165, 1.54) is 31.1 Å². The first kappa shape index (κ1) is 20.5. The predicted octanol–water partition coefficient (Wildman–Crippen LogP) is 1.93. The van der Waals surface area contributed by atoms with Crippen molar-refractivity contribution in [3.63, 3.8) is 0 Å². The van der Waals surface area contributed by atoms with Crippen molar-refractivity contribution in [1.29, 1.82) is 0 Å². The SMILES string of the molecule is CCN(C(=O)[C@H](C)OC(=O)c1cc(Cl)ccc1OC)[C@@H]1CCS(=O)(=O)C1. The van der Waals surface area contributed by atoms with Crippen LogP contribution in [0.15, 0.2) is 18.2 Å². The fourth-order valence-corrected chi connectivity index (χ4v) is 4.87. The number of esters is 1. The van der Waals surface area contributed by atoms with Crippen molar-refractivity contribution in [2.75, 3.05) is 25.2 Å². The first-order chi connectivity index (χ1) is 12.2. The molecule has 2 atom stereocenters. The Bertz CT molecular complexity index is 794. The summed E-state index contributed by atoms with van der Waals surface area (Å²) in [6.07, 6.45) is -0.667. The van der Waals surface area contributed by atoms with Crippen LogP contribution in [0.25, 0.3) is 0 Å². The molecular weight excluding hydrogens is 382 g/mol. The van der Waals surface area contributed by atoms with Crippen LogP contribution >= 0.6 is 11.6 Å². The molecule has 1 fully saturated rings. The lowest BCUT2D eigenvalue weighted by atomic mass is 10.2. The van der Waals surface area contributed by atoms with Gasteiger partial charge >= 0.3 is 5.97 Å². The number of sulfone groups is 1. The van der Waals surface area contributed by atoms with Crippen molar-refractivity contribution in [2.24, 2.45) is 0 Å². The lowest BCUT2D eigenvalue weighted by molar-refractivity contribution is -0.141. The number of amides is 1. The van der Waals surface area contributed by atoms with Crippen molar-refractivity contribution < 1.29 is 27.5 Å². The molecule has 9 heteroatoms. The maximum atomic E-state index is 12.7. The molecule has 1 aliphatic rings. The van der Waals surface area contributed by atoms with Crippen LogP contribution < -0.4 is 4.74 Å². The molecule has 1 aromatic rings. The summed E-state index contributed by atoms with van der Waals surface area (Å²) in [6, 6.07) is 4.12. The zero-order chi connectivity index (χ0) is 19.5. The Morgan fingerprint density at radius 2 is 2.08 bits per heavy atom. The summed E-state index contributed by atoms with van der Waals surface area (Å²) in [4.78, 5) is 26.5. The highest BCUT2D eigenvalue weighted by Crippen LogP contribution is 2.24. The van der Waals surface area contributed by atoms with Gasteiger partial charge in [0.05, 0.1) is 18.6 Å². The molecule has 0 unspecified atom stereocenters. The smallest absolute Gasteiger partial charge is 0.342 e. The molecule has 0 aliphatic carbocycles. The summed E-state index contributed by atoms with van der Waals surface area (Å²) < 4.78 is 33.7. The van der Waals surface area contributed by atoms with Crippen molar-refractivity contribution >= 4 is 33.3 Å². The molecule has 1 amide bonds. The fourth-order valence-electron chi connectivity index (χ4n) is 2.96. The van der Waals surface area contributed by atoms with E-state index in [4.69, 9.17) is 21.1 Å². The standard InChI is InChI=1S/C17H22ClNO6S/c1-4-19(13-7-8-26(22,23)10-13)16(20)11(2)25-17(21)14-9-12(18)5-6-15(14)24-3/h5-6,9,11,13H,4,7-8,10H2,1-3H3/t11-,13+/m0/s1. The Balaban J connectivity index is 2.10. The second-order valence-electron chi connectivity index (χ2n) is 6.07. The Hall–Kier alpha value is -1.80. The molecule has 144 valence electrons. The number of benzene rings is 1. The van der Waals surface area contributed by atoms with Crippen LogP contribution in [0.1, 0.15) is 30.6 Å². The number of rotatable bonds is 6. The van der Waals surface area contributed by atoms with Gasteiger partial charge in [-0.25, -0.2) is 13.2 Å². The lowest BCUT2D eigenvalue weighted by Gasteiger charge is -2.29. The van der Waals surface area contributed by atoms with Crippen LogP contribution in [0.2, 0.25) is 5.02 Å². The molecule has 2 rings (SSSR count). The van der Waals surface area contributed by atoms with E-state index >= 15 is 0 Å². The van der Waals surface area contributed by atoms with Gasteiger partial charge in [0, 0.05) is 17.6 Å². The molecule has 7 nitrogen and oxygen atoms in total. The second kappa shape index (κ2) is 8.26. The van der Waals surface area contributed by atoms with Gasteiger partial charge in [-0.3, -0.25) is 4.79 Å². The van der Waals surface area contributed by atoms with Crippen molar-refractivity contribution in [1.82, 2.24) is 4.90 Å². The Kier molecular flexibility index (Phi) is 6.52. The first-order valence-corrected chi connectivity index (χ1v) is 10.4. The van der Waals surface area contributed by atoms with Gasteiger partial charge in [0.1, 0.15) is 11.3 Å². The molecule has 0 radical (unpaired) electrons. The van der Waals surface area contributed by atoms with E-state index in [-0.39, 0.29) is 28.9 Å². The third-order valence-corrected chi connectivity index (χ3v) is 6.27. The van der Waals surface area contributed by atoms with Crippen LogP contribution in [0.5, 0.6) is 5.75 Å². The summed E-state index contributed by atoms with van der Waals surface area (Å²) in [5, 5.41) is 0.336. The Morgan fingerprint density at radius 3 is 2.62 bits per heavy atom. The maximum absolute atomic E-state index is 12.7. The second-order valence-corrected chi connectivity index (χ2v) is 8.74. The van der Waals surface area contributed by atoms with E-state index in [2.05, 4.69) is 0 Å². The molecule has 1 aliphatic heterocycles. The van der Waals surface area contributed by atoms with Crippen molar-refractivity contribution in [2.45, 2.75) is 32.4 Å². The van der Waals surface area contributed by atoms with E-state index in [1.54, 1.807) is 13.0 Å². The number of carbonyl (C=O) groups excluding carboxylic acids is 2. The highest BCUT2D eigenvalue weighted by molar-refractivity contribution is 7.91. The molecule has 26 heavy (non-hydrogen) atoms. The maximum Gasteiger partial charge on any atom is 0.342 e. The molecule has 1 saturated heterocycles. The van der Waals surface area contributed by atoms with Gasteiger partial charge in [0.2, 0.25) is 0 Å². The number of ether oxygens (including phenoxy) is 2. The molecule has 0 N–H and O–H groups in total. The Morgan fingerprint density at radius 1 is 1.38 bits per heavy atom. The summed E-state index contributed by atoms with van der Waals surface area (Å²) >= 11 is 5.91. The monoisotopic (exact) mass is 403 g/mol. The number of carbonyl (C=O) groups is 2. The number of methoxy groups -OCH3 is 1. The number of nitrogens with zero attached hydrogens (tertiary/aromatic N) is 1. The average Bonchev–Trinajstić information content (AvgIpc) is 2.94. The quantitative estimate of drug-likeness (QED) is 0.674. The van der Waals surface area contributed by atoms with Gasteiger partial charge in [-0.2, -0.15) is 0 Å². The van der Waals surface area contributed by atoms with Gasteiger partial charge in [0.15, 0.2) is 15.9 Å². The van der Waals surface area contributed by atoms with Gasteiger partial charge in [-0.1, -0.05) is 11.6 Å². The summed E-state index contributed by atoms with van der Waals surface area (Å²) in [7, 11) is -1.71. The molecule has 0 saturated carbocycles. The van der Waals surface area contributed by atoms with E-state index in [1.807, 2.05) is 0 Å². The van der Waals surface area contributed by atoms with Crippen molar-refractivity contribution in [3.8, 4) is 5.75 Å². The van der Waals surface area contributed by atoms with Crippen LogP contribution in [0, 0.1) is 0 Å². The van der Waals surface area contributed by atoms with Gasteiger partial charge in [-0.05, 0) is 38.5 Å². The van der Waals surface area contributed by atoms with Gasteiger partial charge < -0.3 is 14.4 Å². The zero-order valence-electron chi connectivity index (χ0n) is 14.9. The largest absolute Gasteiger partial charge is 0.496 e. The Labute approximate surface area is 158 Å². The molecule has 0 aromatic heterocycles.